The number of fused-ring (bicyclic) bond motifs is 1. The second-order valence-electron chi connectivity index (χ2n) is 3.34. The van der Waals surface area contributed by atoms with Gasteiger partial charge in [0.25, 0.3) is 0 Å². The van der Waals surface area contributed by atoms with E-state index in [9.17, 15) is 0 Å². The van der Waals surface area contributed by atoms with Crippen LogP contribution in [-0.2, 0) is 5.75 Å². The monoisotopic (exact) mass is 222 g/mol. The fourth-order valence-corrected chi connectivity index (χ4v) is 3.44. The molecule has 0 saturated heterocycles. The van der Waals surface area contributed by atoms with Crippen LogP contribution in [0.25, 0.3) is 10.1 Å². The van der Waals surface area contributed by atoms with Gasteiger partial charge in [0.15, 0.2) is 0 Å². The lowest BCUT2D eigenvalue weighted by atomic mass is 10.1. The quantitative estimate of drug-likeness (QED) is 0.738. The number of thioether (sulfide) groups is 1. The van der Waals surface area contributed by atoms with Gasteiger partial charge in [-0.2, -0.15) is 11.8 Å². The van der Waals surface area contributed by atoms with Crippen molar-refractivity contribution in [2.45, 2.75) is 19.6 Å². The highest BCUT2D eigenvalue weighted by Gasteiger charge is 2.02. The zero-order valence-electron chi connectivity index (χ0n) is 8.54. The summed E-state index contributed by atoms with van der Waals surface area (Å²) in [6.07, 6.45) is 0. The van der Waals surface area contributed by atoms with Gasteiger partial charge in [0.05, 0.1) is 0 Å². The van der Waals surface area contributed by atoms with Crippen LogP contribution >= 0.6 is 23.1 Å². The van der Waals surface area contributed by atoms with Gasteiger partial charge in [-0.25, -0.2) is 0 Å². The number of aryl methyl sites for hydroxylation is 1. The van der Waals surface area contributed by atoms with Crippen molar-refractivity contribution in [3.8, 4) is 0 Å². The number of benzene rings is 1. The first kappa shape index (κ1) is 10.1. The molecule has 0 bridgehead atoms. The van der Waals surface area contributed by atoms with Crippen molar-refractivity contribution in [1.82, 2.24) is 0 Å². The van der Waals surface area contributed by atoms with Crippen molar-refractivity contribution in [3.63, 3.8) is 0 Å². The molecule has 1 heterocycles. The summed E-state index contributed by atoms with van der Waals surface area (Å²) in [6.45, 7) is 4.40. The number of hydrogen-bond acceptors (Lipinski definition) is 2. The van der Waals surface area contributed by atoms with Crippen molar-refractivity contribution >= 4 is 33.2 Å². The van der Waals surface area contributed by atoms with E-state index in [1.165, 1.54) is 26.3 Å². The predicted octanol–water partition coefficient (Wildman–Crippen LogP) is 4.46. The molecule has 0 saturated carbocycles. The first-order valence-corrected chi connectivity index (χ1v) is 6.84. The van der Waals surface area contributed by atoms with E-state index in [0.29, 0.717) is 0 Å². The molecule has 0 aliphatic heterocycles. The van der Waals surface area contributed by atoms with Gasteiger partial charge in [-0.3, -0.25) is 0 Å². The Balaban J connectivity index is 2.36. The molecule has 0 N–H and O–H groups in total. The fourth-order valence-electron chi connectivity index (χ4n) is 1.53. The molecule has 0 unspecified atom stereocenters. The average Bonchev–Trinajstić information content (AvgIpc) is 2.59. The van der Waals surface area contributed by atoms with Crippen LogP contribution in [0.2, 0.25) is 0 Å². The molecule has 74 valence electrons. The normalized spacial score (nSPS) is 11.0. The highest BCUT2D eigenvalue weighted by molar-refractivity contribution is 7.98. The van der Waals surface area contributed by atoms with Crippen LogP contribution in [0, 0.1) is 6.92 Å². The predicted molar refractivity (Wildman–Crippen MR) is 68.4 cm³/mol. The lowest BCUT2D eigenvalue weighted by Crippen LogP contribution is -1.73. The summed E-state index contributed by atoms with van der Waals surface area (Å²) in [4.78, 5) is 1.50. The maximum atomic E-state index is 2.35. The van der Waals surface area contributed by atoms with Crippen LogP contribution in [0.4, 0.5) is 0 Å². The van der Waals surface area contributed by atoms with E-state index >= 15 is 0 Å². The van der Waals surface area contributed by atoms with E-state index in [1.54, 1.807) is 0 Å². The third-order valence-electron chi connectivity index (χ3n) is 2.28. The van der Waals surface area contributed by atoms with Crippen molar-refractivity contribution < 1.29 is 0 Å². The third-order valence-corrected chi connectivity index (χ3v) is 4.49. The summed E-state index contributed by atoms with van der Waals surface area (Å²) in [5.41, 5.74) is 1.39. The summed E-state index contributed by atoms with van der Waals surface area (Å²) in [7, 11) is 0. The van der Waals surface area contributed by atoms with Crippen LogP contribution < -0.4 is 0 Å². The molecule has 0 radical (unpaired) electrons. The molecule has 0 amide bonds. The van der Waals surface area contributed by atoms with Crippen molar-refractivity contribution in [3.05, 3.63) is 34.7 Å². The molecular weight excluding hydrogens is 208 g/mol. The van der Waals surface area contributed by atoms with Gasteiger partial charge in [0, 0.05) is 15.3 Å². The maximum absolute atomic E-state index is 2.35. The van der Waals surface area contributed by atoms with Crippen molar-refractivity contribution in [2.24, 2.45) is 0 Å². The van der Waals surface area contributed by atoms with Crippen molar-refractivity contribution in [1.29, 1.82) is 0 Å². The molecular formula is C12H14S2. The molecule has 0 aliphatic rings. The summed E-state index contributed by atoms with van der Waals surface area (Å²) in [6, 6.07) is 8.89. The van der Waals surface area contributed by atoms with E-state index in [0.717, 1.165) is 5.75 Å². The van der Waals surface area contributed by atoms with Gasteiger partial charge in [0.2, 0.25) is 0 Å². The molecule has 0 nitrogen and oxygen atoms in total. The highest BCUT2D eigenvalue weighted by Crippen LogP contribution is 2.30. The Hall–Kier alpha value is -0.470. The molecule has 1 aromatic heterocycles. The Labute approximate surface area is 93.3 Å². The largest absolute Gasteiger partial charge is 0.157 e. The molecule has 0 spiro atoms. The maximum Gasteiger partial charge on any atom is 0.0348 e. The molecule has 0 atom stereocenters. The summed E-state index contributed by atoms with van der Waals surface area (Å²) in [5.74, 6) is 2.36. The average molecular weight is 222 g/mol. The third kappa shape index (κ3) is 1.96. The second kappa shape index (κ2) is 4.37. The van der Waals surface area contributed by atoms with Crippen LogP contribution in [0.1, 0.15) is 17.4 Å². The van der Waals surface area contributed by atoms with Crippen molar-refractivity contribution in [2.75, 3.05) is 5.75 Å². The van der Waals surface area contributed by atoms with Crippen LogP contribution in [-0.4, -0.2) is 5.75 Å². The smallest absolute Gasteiger partial charge is 0.0348 e. The fraction of sp³-hybridized carbons (Fsp3) is 0.333. The van der Waals surface area contributed by atoms with Gasteiger partial charge in [-0.15, -0.1) is 11.3 Å². The topological polar surface area (TPSA) is 0 Å². The van der Waals surface area contributed by atoms with Gasteiger partial charge in [-0.05, 0) is 35.8 Å². The first-order valence-electron chi connectivity index (χ1n) is 4.87. The minimum Gasteiger partial charge on any atom is -0.157 e. The summed E-state index contributed by atoms with van der Waals surface area (Å²) >= 11 is 3.92. The second-order valence-corrected chi connectivity index (χ2v) is 5.78. The van der Waals surface area contributed by atoms with Gasteiger partial charge in [0.1, 0.15) is 0 Å². The Kier molecular flexibility index (Phi) is 3.14. The summed E-state index contributed by atoms with van der Waals surface area (Å²) < 4.78 is 1.43. The van der Waals surface area contributed by atoms with Crippen LogP contribution in [0.15, 0.2) is 24.3 Å². The van der Waals surface area contributed by atoms with Crippen LogP contribution in [0.5, 0.6) is 0 Å². The highest BCUT2D eigenvalue weighted by atomic mass is 32.2. The minimum atomic E-state index is 1.16. The Morgan fingerprint density at radius 2 is 2.21 bits per heavy atom. The Bertz CT molecular complexity index is 429. The molecule has 2 rings (SSSR count). The molecule has 0 aliphatic carbocycles. The van der Waals surface area contributed by atoms with E-state index in [-0.39, 0.29) is 0 Å². The minimum absolute atomic E-state index is 1.16. The summed E-state index contributed by atoms with van der Waals surface area (Å²) in [5, 5.41) is 1.43. The van der Waals surface area contributed by atoms with E-state index < -0.39 is 0 Å². The standard InChI is InChI=1S/C12H14S2/c1-3-13-8-10-7-11-9(2)5-4-6-12(11)14-10/h4-7H,3,8H2,1-2H3. The number of rotatable bonds is 3. The lowest BCUT2D eigenvalue weighted by molar-refractivity contribution is 1.47. The Morgan fingerprint density at radius 3 is 2.93 bits per heavy atom. The molecule has 2 heteroatoms. The SMILES string of the molecule is CCSCc1cc2c(C)cccc2s1. The molecule has 0 fully saturated rings. The van der Waals surface area contributed by atoms with Crippen LogP contribution in [0.3, 0.4) is 0 Å². The number of thiophene rings is 1. The van der Waals surface area contributed by atoms with Gasteiger partial charge in [-0.1, -0.05) is 19.1 Å². The number of hydrogen-bond donors (Lipinski definition) is 0. The van der Waals surface area contributed by atoms with Gasteiger partial charge >= 0.3 is 0 Å². The van der Waals surface area contributed by atoms with Gasteiger partial charge < -0.3 is 0 Å². The zero-order valence-corrected chi connectivity index (χ0v) is 10.2. The van der Waals surface area contributed by atoms with E-state index in [4.69, 9.17) is 0 Å². The lowest BCUT2D eigenvalue weighted by Gasteiger charge is -1.92. The van der Waals surface area contributed by atoms with E-state index in [1.807, 2.05) is 23.1 Å². The molecule has 2 aromatic rings. The molecule has 14 heavy (non-hydrogen) atoms. The Morgan fingerprint density at radius 1 is 1.36 bits per heavy atom. The molecule has 1 aromatic carbocycles. The van der Waals surface area contributed by atoms with E-state index in [2.05, 4.69) is 38.1 Å². The first-order chi connectivity index (χ1) is 6.81. The zero-order chi connectivity index (χ0) is 9.97.